The summed E-state index contributed by atoms with van der Waals surface area (Å²) in [6, 6.07) is 14.9. The summed E-state index contributed by atoms with van der Waals surface area (Å²) in [5, 5.41) is 11.2. The van der Waals surface area contributed by atoms with E-state index in [1.165, 1.54) is 11.0 Å². The minimum absolute atomic E-state index is 0.173. The highest BCUT2D eigenvalue weighted by molar-refractivity contribution is 5.61. The third kappa shape index (κ3) is 3.18. The lowest BCUT2D eigenvalue weighted by molar-refractivity contribution is -0.900. The van der Waals surface area contributed by atoms with E-state index in [0.717, 1.165) is 43.9 Å². The number of nitrogens with one attached hydrogen (secondary N) is 1. The Morgan fingerprint density at radius 3 is 2.38 bits per heavy atom. The Balaban J connectivity index is 1.31. The van der Waals surface area contributed by atoms with Gasteiger partial charge in [-0.3, -0.25) is 4.90 Å². The van der Waals surface area contributed by atoms with Gasteiger partial charge in [0.25, 0.3) is 0 Å². The zero-order valence-electron chi connectivity index (χ0n) is 16.4. The van der Waals surface area contributed by atoms with Gasteiger partial charge >= 0.3 is 0 Å². The van der Waals surface area contributed by atoms with Crippen molar-refractivity contribution in [3.63, 3.8) is 0 Å². The van der Waals surface area contributed by atoms with Crippen LogP contribution in [0.3, 0.4) is 0 Å². The molecule has 0 unspecified atom stereocenters. The second-order valence-electron chi connectivity index (χ2n) is 7.93. The number of quaternary nitrogens is 1. The zero-order valence-corrected chi connectivity index (χ0v) is 16.4. The quantitative estimate of drug-likeness (QED) is 0.803. The first-order chi connectivity index (χ1) is 14.2. The lowest BCUT2D eigenvalue weighted by Crippen LogP contribution is -3.16. The lowest BCUT2D eigenvalue weighted by Gasteiger charge is -2.40. The van der Waals surface area contributed by atoms with E-state index in [9.17, 15) is 9.50 Å². The summed E-state index contributed by atoms with van der Waals surface area (Å²) in [6.07, 6.45) is -0.0443. The van der Waals surface area contributed by atoms with Gasteiger partial charge in [-0.15, -0.1) is 0 Å². The molecule has 3 heterocycles. The molecule has 0 radical (unpaired) electrons. The molecule has 3 aliphatic heterocycles. The van der Waals surface area contributed by atoms with Gasteiger partial charge in [-0.25, -0.2) is 4.39 Å². The lowest BCUT2D eigenvalue weighted by atomic mass is 10.1. The molecule has 2 N–H and O–H groups in total. The molecule has 1 atom stereocenters. The maximum absolute atomic E-state index is 14.1. The Bertz CT molecular complexity index is 866. The molecule has 0 amide bonds. The van der Waals surface area contributed by atoms with Crippen molar-refractivity contribution in [1.29, 1.82) is 0 Å². The molecule has 2 saturated heterocycles. The van der Waals surface area contributed by atoms with E-state index in [1.54, 1.807) is 6.07 Å². The maximum Gasteiger partial charge on any atom is 0.243 e. The highest BCUT2D eigenvalue weighted by atomic mass is 19.1. The van der Waals surface area contributed by atoms with Crippen LogP contribution in [-0.4, -0.2) is 57.4 Å². The summed E-state index contributed by atoms with van der Waals surface area (Å²) in [7, 11) is 0. The topological polar surface area (TPSA) is 49.6 Å². The molecule has 2 aromatic rings. The Hall–Kier alpha value is -2.19. The molecular formula is C22H27FN3O3+. The van der Waals surface area contributed by atoms with Crippen molar-refractivity contribution >= 4 is 11.4 Å². The molecule has 6 nitrogen and oxygen atoms in total. The van der Waals surface area contributed by atoms with Crippen molar-refractivity contribution in [2.75, 3.05) is 55.9 Å². The van der Waals surface area contributed by atoms with E-state index in [-0.39, 0.29) is 5.82 Å². The third-order valence-electron chi connectivity index (χ3n) is 6.20. The fourth-order valence-corrected chi connectivity index (χ4v) is 4.69. The van der Waals surface area contributed by atoms with Gasteiger partial charge in [-0.1, -0.05) is 30.3 Å². The van der Waals surface area contributed by atoms with Crippen molar-refractivity contribution in [3.05, 3.63) is 59.9 Å². The van der Waals surface area contributed by atoms with Crippen LogP contribution in [0.25, 0.3) is 0 Å². The number of aliphatic hydroxyl groups is 1. The van der Waals surface area contributed by atoms with Crippen LogP contribution in [0.5, 0.6) is 0 Å². The van der Waals surface area contributed by atoms with E-state index in [2.05, 4.69) is 4.90 Å². The molecule has 29 heavy (non-hydrogen) atoms. The SMILES string of the molecule is O[C@@H]1N(C[NH+]2CCN(c3ccccc3F)CC2)c2ccccc2C12OCCCO2. The summed E-state index contributed by atoms with van der Waals surface area (Å²) in [5.74, 6) is -1.27. The average molecular weight is 400 g/mol. The zero-order chi connectivity index (χ0) is 19.8. The number of benzene rings is 2. The van der Waals surface area contributed by atoms with Crippen LogP contribution >= 0.6 is 0 Å². The fraction of sp³-hybridized carbons (Fsp3) is 0.455. The van der Waals surface area contributed by atoms with E-state index in [1.807, 2.05) is 41.3 Å². The number of rotatable bonds is 3. The smallest absolute Gasteiger partial charge is 0.243 e. The number of hydrogen-bond donors (Lipinski definition) is 2. The van der Waals surface area contributed by atoms with Gasteiger partial charge in [-0.2, -0.15) is 0 Å². The standard InChI is InChI=1S/C22H26FN3O3/c23-18-7-2-4-9-20(18)25-12-10-24(11-13-25)16-26-19-8-3-1-6-17(19)22(21(26)27)28-14-5-15-29-22/h1-4,6-9,21,27H,5,10-16H2/p+1/t21-/m0/s1. The first-order valence-electron chi connectivity index (χ1n) is 10.3. The first-order valence-corrected chi connectivity index (χ1v) is 10.3. The Morgan fingerprint density at radius 1 is 1.00 bits per heavy atom. The first kappa shape index (κ1) is 18.8. The molecule has 0 aromatic heterocycles. The normalized spacial score (nSPS) is 24.1. The van der Waals surface area contributed by atoms with Crippen LogP contribution in [0.2, 0.25) is 0 Å². The van der Waals surface area contributed by atoms with Gasteiger partial charge in [0.2, 0.25) is 5.79 Å². The number of aliphatic hydroxyl groups excluding tert-OH is 1. The number of hydrogen-bond acceptors (Lipinski definition) is 5. The van der Waals surface area contributed by atoms with Crippen LogP contribution in [0.4, 0.5) is 15.8 Å². The summed E-state index contributed by atoms with van der Waals surface area (Å²) in [4.78, 5) is 5.44. The fourth-order valence-electron chi connectivity index (χ4n) is 4.69. The number of piperazine rings is 1. The molecule has 3 aliphatic rings. The van der Waals surface area contributed by atoms with Crippen molar-refractivity contribution in [2.24, 2.45) is 0 Å². The van der Waals surface area contributed by atoms with E-state index in [0.29, 0.717) is 25.6 Å². The van der Waals surface area contributed by atoms with Gasteiger partial charge < -0.3 is 24.4 Å². The molecule has 0 saturated carbocycles. The third-order valence-corrected chi connectivity index (χ3v) is 6.20. The van der Waals surface area contributed by atoms with Gasteiger partial charge in [0.05, 0.1) is 50.8 Å². The van der Waals surface area contributed by atoms with Crippen molar-refractivity contribution in [2.45, 2.75) is 18.4 Å². The van der Waals surface area contributed by atoms with Gasteiger partial charge in [0, 0.05) is 5.56 Å². The molecule has 2 aromatic carbocycles. The van der Waals surface area contributed by atoms with Crippen LogP contribution < -0.4 is 14.7 Å². The summed E-state index contributed by atoms with van der Waals surface area (Å²) in [6.45, 7) is 5.10. The average Bonchev–Trinajstić information content (AvgIpc) is 2.98. The highest BCUT2D eigenvalue weighted by Gasteiger charge is 2.55. The predicted octanol–water partition coefficient (Wildman–Crippen LogP) is 0.916. The van der Waals surface area contributed by atoms with Crippen LogP contribution in [0.15, 0.2) is 48.5 Å². The predicted molar refractivity (Wildman–Crippen MR) is 107 cm³/mol. The number of ether oxygens (including phenoxy) is 2. The second kappa shape index (κ2) is 7.57. The monoisotopic (exact) mass is 400 g/mol. The van der Waals surface area contributed by atoms with E-state index >= 15 is 0 Å². The van der Waals surface area contributed by atoms with Crippen LogP contribution in [0.1, 0.15) is 12.0 Å². The molecule has 154 valence electrons. The van der Waals surface area contributed by atoms with Crippen molar-refractivity contribution in [3.8, 4) is 0 Å². The second-order valence-corrected chi connectivity index (χ2v) is 7.93. The molecule has 0 aliphatic carbocycles. The Morgan fingerprint density at radius 2 is 1.66 bits per heavy atom. The molecule has 5 rings (SSSR count). The summed E-state index contributed by atoms with van der Waals surface area (Å²) >= 11 is 0. The van der Waals surface area contributed by atoms with Gasteiger partial charge in [0.15, 0.2) is 12.9 Å². The molecule has 2 fully saturated rings. The summed E-state index contributed by atoms with van der Waals surface area (Å²) < 4.78 is 26.1. The summed E-state index contributed by atoms with van der Waals surface area (Å²) in [5.41, 5.74) is 2.53. The van der Waals surface area contributed by atoms with Gasteiger partial charge in [0.1, 0.15) is 5.82 Å². The van der Waals surface area contributed by atoms with Crippen molar-refractivity contribution in [1.82, 2.24) is 0 Å². The molecule has 1 spiro atoms. The molecule has 7 heteroatoms. The highest BCUT2D eigenvalue weighted by Crippen LogP contribution is 2.47. The number of anilines is 2. The Kier molecular flexibility index (Phi) is 4.91. The number of para-hydroxylation sites is 2. The van der Waals surface area contributed by atoms with Crippen LogP contribution in [-0.2, 0) is 15.3 Å². The number of nitrogens with zero attached hydrogens (tertiary/aromatic N) is 2. The maximum atomic E-state index is 14.1. The van der Waals surface area contributed by atoms with Crippen LogP contribution in [0, 0.1) is 5.82 Å². The van der Waals surface area contributed by atoms with E-state index in [4.69, 9.17) is 9.47 Å². The number of fused-ring (bicyclic) bond motifs is 2. The van der Waals surface area contributed by atoms with E-state index < -0.39 is 12.0 Å². The Labute approximate surface area is 170 Å². The van der Waals surface area contributed by atoms with Gasteiger partial charge in [-0.05, 0) is 24.6 Å². The molecular weight excluding hydrogens is 373 g/mol. The largest absolute Gasteiger partial charge is 0.368 e. The van der Waals surface area contributed by atoms with Crippen molar-refractivity contribution < 1.29 is 23.9 Å². The number of halogens is 1. The minimum atomic E-state index is -1.09. The molecule has 0 bridgehead atoms. The minimum Gasteiger partial charge on any atom is -0.368 e.